The van der Waals surface area contributed by atoms with E-state index in [1.807, 2.05) is 0 Å². The molecule has 0 amide bonds. The Bertz CT molecular complexity index is 262. The van der Waals surface area contributed by atoms with Gasteiger partial charge in [-0.2, -0.15) is 0 Å². The fraction of sp³-hybridized carbons (Fsp3) is 0.286. The van der Waals surface area contributed by atoms with Gasteiger partial charge in [0.15, 0.2) is 0 Å². The summed E-state index contributed by atoms with van der Waals surface area (Å²) in [5.41, 5.74) is 0. The summed E-state index contributed by atoms with van der Waals surface area (Å²) < 4.78 is 0. The molecule has 0 heterocycles. The smallest absolute Gasteiger partial charge is 0.0166 e. The van der Waals surface area contributed by atoms with E-state index in [1.54, 1.807) is 0 Å². The lowest BCUT2D eigenvalue weighted by atomic mass is 10.2. The van der Waals surface area contributed by atoms with Gasteiger partial charge >= 0.3 is 0 Å². The van der Waals surface area contributed by atoms with Crippen molar-refractivity contribution in [3.05, 3.63) is 60.8 Å². The van der Waals surface area contributed by atoms with E-state index >= 15 is 0 Å². The van der Waals surface area contributed by atoms with Gasteiger partial charge in [0.1, 0.15) is 0 Å². The summed E-state index contributed by atoms with van der Waals surface area (Å²) in [5, 5.41) is 0. The van der Waals surface area contributed by atoms with E-state index in [9.17, 15) is 0 Å². The average Bonchev–Trinajstić information content (AvgIpc) is 2.22. The summed E-state index contributed by atoms with van der Waals surface area (Å²) in [6.45, 7) is 0. The van der Waals surface area contributed by atoms with Crippen LogP contribution >= 0.6 is 0 Å². The minimum Gasteiger partial charge on any atom is -0.0882 e. The second kappa shape index (κ2) is 8.31. The first-order valence-electron chi connectivity index (χ1n) is 5.30. The van der Waals surface area contributed by atoms with E-state index in [0.717, 1.165) is 6.42 Å². The van der Waals surface area contributed by atoms with E-state index in [4.69, 9.17) is 0 Å². The summed E-state index contributed by atoms with van der Waals surface area (Å²) in [6.07, 6.45) is 26.0. The summed E-state index contributed by atoms with van der Waals surface area (Å²) in [4.78, 5) is 0. The van der Waals surface area contributed by atoms with Gasteiger partial charge in [-0.15, -0.1) is 0 Å². The van der Waals surface area contributed by atoms with Crippen LogP contribution in [0.1, 0.15) is 25.7 Å². The number of allylic oxidation sites excluding steroid dienone is 10. The molecule has 0 fully saturated rings. The molecule has 1 aliphatic rings. The molecule has 0 radical (unpaired) electrons. The van der Waals surface area contributed by atoms with Crippen LogP contribution in [-0.4, -0.2) is 0 Å². The third kappa shape index (κ3) is 6.24. The van der Waals surface area contributed by atoms with Gasteiger partial charge < -0.3 is 0 Å². The van der Waals surface area contributed by atoms with Gasteiger partial charge in [-0.3, -0.25) is 0 Å². The molecular weight excluding hydrogens is 168 g/mol. The highest BCUT2D eigenvalue weighted by atomic mass is 13.9. The highest BCUT2D eigenvalue weighted by molar-refractivity contribution is 5.15. The van der Waals surface area contributed by atoms with Crippen molar-refractivity contribution in [1.82, 2.24) is 0 Å². The molecule has 0 spiro atoms. The Labute approximate surface area is 87.0 Å². The van der Waals surface area contributed by atoms with Crippen LogP contribution in [0.4, 0.5) is 0 Å². The predicted octanol–water partition coefficient (Wildman–Crippen LogP) is 4.34. The zero-order valence-corrected chi connectivity index (χ0v) is 8.60. The average molecular weight is 186 g/mol. The third-order valence-electron chi connectivity index (χ3n) is 2.01. The summed E-state index contributed by atoms with van der Waals surface area (Å²) >= 11 is 0. The lowest BCUT2D eigenvalue weighted by Crippen LogP contribution is -1.69. The van der Waals surface area contributed by atoms with Crippen molar-refractivity contribution in [2.45, 2.75) is 25.7 Å². The maximum atomic E-state index is 2.27. The van der Waals surface area contributed by atoms with Crippen LogP contribution in [0.25, 0.3) is 0 Å². The SMILES string of the molecule is C1=CCCC\C=C/C=C/C=C\C=C\C1. The van der Waals surface area contributed by atoms with Gasteiger partial charge in [0.05, 0.1) is 0 Å². The van der Waals surface area contributed by atoms with Crippen molar-refractivity contribution in [2.75, 3.05) is 0 Å². The van der Waals surface area contributed by atoms with E-state index in [-0.39, 0.29) is 0 Å². The van der Waals surface area contributed by atoms with Crippen LogP contribution in [0.2, 0.25) is 0 Å². The molecule has 0 unspecified atom stereocenters. The Morgan fingerprint density at radius 3 is 2.00 bits per heavy atom. The predicted molar refractivity (Wildman–Crippen MR) is 64.2 cm³/mol. The highest BCUT2D eigenvalue weighted by Crippen LogP contribution is 2.00. The van der Waals surface area contributed by atoms with Crippen molar-refractivity contribution in [3.63, 3.8) is 0 Å². The highest BCUT2D eigenvalue weighted by Gasteiger charge is 1.79. The van der Waals surface area contributed by atoms with E-state index < -0.39 is 0 Å². The molecule has 0 nitrogen and oxygen atoms in total. The molecule has 0 aliphatic heterocycles. The number of hydrogen-bond donors (Lipinski definition) is 0. The standard InChI is InChI=1S/C14H18/c1-2-4-6-8-10-12-14-13-11-9-7-5-3-1/h1-8,11,13H,9-10,12,14H2/b3-1-,4-2+,7-5+,8-6-,13-11?. The van der Waals surface area contributed by atoms with Crippen LogP contribution in [0, 0.1) is 0 Å². The van der Waals surface area contributed by atoms with Gasteiger partial charge in [0, 0.05) is 0 Å². The fourth-order valence-electron chi connectivity index (χ4n) is 1.23. The maximum absolute atomic E-state index is 2.27. The molecule has 14 heavy (non-hydrogen) atoms. The Morgan fingerprint density at radius 1 is 0.500 bits per heavy atom. The lowest BCUT2D eigenvalue weighted by Gasteiger charge is -1.89. The molecule has 0 saturated heterocycles. The number of hydrogen-bond acceptors (Lipinski definition) is 0. The normalized spacial score (nSPS) is 27.4. The van der Waals surface area contributed by atoms with E-state index in [0.29, 0.717) is 0 Å². The van der Waals surface area contributed by atoms with Crippen LogP contribution in [0.15, 0.2) is 60.8 Å². The maximum Gasteiger partial charge on any atom is -0.0166 e. The van der Waals surface area contributed by atoms with Crippen molar-refractivity contribution in [1.29, 1.82) is 0 Å². The zero-order chi connectivity index (χ0) is 9.90. The van der Waals surface area contributed by atoms with E-state index in [1.165, 1.54) is 19.3 Å². The molecule has 74 valence electrons. The van der Waals surface area contributed by atoms with Gasteiger partial charge in [-0.1, -0.05) is 60.8 Å². The Balaban J connectivity index is 2.46. The third-order valence-corrected chi connectivity index (χ3v) is 2.01. The second-order valence-corrected chi connectivity index (χ2v) is 3.26. The molecule has 0 aromatic carbocycles. The van der Waals surface area contributed by atoms with Crippen molar-refractivity contribution >= 4 is 0 Å². The van der Waals surface area contributed by atoms with Crippen molar-refractivity contribution in [2.24, 2.45) is 0 Å². The topological polar surface area (TPSA) is 0 Å². The van der Waals surface area contributed by atoms with Crippen molar-refractivity contribution in [3.8, 4) is 0 Å². The van der Waals surface area contributed by atoms with Gasteiger partial charge in [0.2, 0.25) is 0 Å². The van der Waals surface area contributed by atoms with Crippen LogP contribution in [0.3, 0.4) is 0 Å². The Kier molecular flexibility index (Phi) is 6.39. The van der Waals surface area contributed by atoms with Crippen LogP contribution in [0.5, 0.6) is 0 Å². The van der Waals surface area contributed by atoms with Crippen molar-refractivity contribution < 1.29 is 0 Å². The molecular formula is C14H18. The number of rotatable bonds is 0. The molecule has 1 rings (SSSR count). The minimum atomic E-state index is 1.05. The Morgan fingerprint density at radius 2 is 1.14 bits per heavy atom. The molecule has 0 aromatic rings. The summed E-state index contributed by atoms with van der Waals surface area (Å²) in [5.74, 6) is 0. The molecule has 0 N–H and O–H groups in total. The monoisotopic (exact) mass is 186 g/mol. The van der Waals surface area contributed by atoms with E-state index in [2.05, 4.69) is 60.8 Å². The first-order chi connectivity index (χ1) is 7.00. The Hall–Kier alpha value is -1.30. The molecule has 0 aromatic heterocycles. The minimum absolute atomic E-state index is 1.05. The van der Waals surface area contributed by atoms with Crippen LogP contribution < -0.4 is 0 Å². The van der Waals surface area contributed by atoms with Gasteiger partial charge in [0.25, 0.3) is 0 Å². The largest absolute Gasteiger partial charge is 0.0882 e. The van der Waals surface area contributed by atoms with Crippen LogP contribution in [-0.2, 0) is 0 Å². The fourth-order valence-corrected chi connectivity index (χ4v) is 1.23. The molecule has 0 bridgehead atoms. The molecule has 0 atom stereocenters. The summed E-state index contributed by atoms with van der Waals surface area (Å²) in [7, 11) is 0. The second-order valence-electron chi connectivity index (χ2n) is 3.26. The van der Waals surface area contributed by atoms with Gasteiger partial charge in [-0.05, 0) is 25.7 Å². The summed E-state index contributed by atoms with van der Waals surface area (Å²) in [6, 6.07) is 0. The molecule has 0 saturated carbocycles. The zero-order valence-electron chi connectivity index (χ0n) is 8.60. The van der Waals surface area contributed by atoms with Gasteiger partial charge in [-0.25, -0.2) is 0 Å². The first-order valence-corrected chi connectivity index (χ1v) is 5.30. The molecule has 1 aliphatic carbocycles. The quantitative estimate of drug-likeness (QED) is 0.494. The molecule has 0 heteroatoms. The lowest BCUT2D eigenvalue weighted by molar-refractivity contribution is 0.866. The first kappa shape index (κ1) is 10.8.